The number of rotatable bonds is 4. The van der Waals surface area contributed by atoms with E-state index in [0.29, 0.717) is 5.82 Å². The number of hydrogen-bond donors (Lipinski definition) is 2. The molecule has 2 rings (SSSR count). The standard InChI is InChI=1S/C14H23ClN4/c1-2-11-4-3-8-19(9-7-11)10-13-12(15)5-6-14(17-13)18-16/h5-6,11H,2-4,7-10,16H2,1H3,(H,17,18). The number of halogens is 1. The van der Waals surface area contributed by atoms with E-state index in [2.05, 4.69) is 22.2 Å². The van der Waals surface area contributed by atoms with Crippen molar-refractivity contribution < 1.29 is 0 Å². The Kier molecular flexibility index (Phi) is 5.43. The number of nitrogens with zero attached hydrogens (tertiary/aromatic N) is 2. The molecule has 1 aliphatic heterocycles. The number of aromatic nitrogens is 1. The molecule has 3 N–H and O–H groups in total. The topological polar surface area (TPSA) is 54.2 Å². The van der Waals surface area contributed by atoms with Crippen molar-refractivity contribution in [2.45, 2.75) is 39.2 Å². The first-order chi connectivity index (χ1) is 9.22. The first-order valence-electron chi connectivity index (χ1n) is 7.07. The summed E-state index contributed by atoms with van der Waals surface area (Å²) in [6.45, 7) is 5.37. The fourth-order valence-electron chi connectivity index (χ4n) is 2.68. The highest BCUT2D eigenvalue weighted by atomic mass is 35.5. The van der Waals surface area contributed by atoms with E-state index in [1.807, 2.05) is 6.07 Å². The second-order valence-corrected chi connectivity index (χ2v) is 5.66. The van der Waals surface area contributed by atoms with Gasteiger partial charge in [-0.3, -0.25) is 4.90 Å². The fourth-order valence-corrected chi connectivity index (χ4v) is 2.84. The van der Waals surface area contributed by atoms with E-state index in [9.17, 15) is 0 Å². The molecule has 0 spiro atoms. The summed E-state index contributed by atoms with van der Waals surface area (Å²) < 4.78 is 0. The van der Waals surface area contributed by atoms with Gasteiger partial charge in [-0.25, -0.2) is 10.8 Å². The van der Waals surface area contributed by atoms with Crippen LogP contribution in [0, 0.1) is 5.92 Å². The van der Waals surface area contributed by atoms with Gasteiger partial charge in [0.2, 0.25) is 0 Å². The van der Waals surface area contributed by atoms with Crippen molar-refractivity contribution in [1.29, 1.82) is 0 Å². The molecule has 1 unspecified atom stereocenters. The molecule has 0 saturated carbocycles. The Bertz CT molecular complexity index is 410. The maximum Gasteiger partial charge on any atom is 0.140 e. The van der Waals surface area contributed by atoms with Gasteiger partial charge in [0.05, 0.1) is 10.7 Å². The monoisotopic (exact) mass is 282 g/mol. The van der Waals surface area contributed by atoms with Crippen molar-refractivity contribution in [3.63, 3.8) is 0 Å². The number of hydrazine groups is 1. The predicted octanol–water partition coefficient (Wildman–Crippen LogP) is 3.03. The van der Waals surface area contributed by atoms with Crippen LogP contribution in [0.3, 0.4) is 0 Å². The van der Waals surface area contributed by atoms with E-state index in [1.165, 1.54) is 25.7 Å². The van der Waals surface area contributed by atoms with Crippen molar-refractivity contribution in [1.82, 2.24) is 9.88 Å². The van der Waals surface area contributed by atoms with Crippen LogP contribution < -0.4 is 11.3 Å². The summed E-state index contributed by atoms with van der Waals surface area (Å²) in [7, 11) is 0. The number of hydrogen-bond acceptors (Lipinski definition) is 4. The third kappa shape index (κ3) is 4.06. The van der Waals surface area contributed by atoms with E-state index in [1.54, 1.807) is 6.07 Å². The Morgan fingerprint density at radius 1 is 1.42 bits per heavy atom. The van der Waals surface area contributed by atoms with Gasteiger partial charge in [-0.1, -0.05) is 24.9 Å². The molecule has 106 valence electrons. The van der Waals surface area contributed by atoms with E-state index in [0.717, 1.165) is 36.3 Å². The van der Waals surface area contributed by atoms with Crippen LogP contribution in [-0.4, -0.2) is 23.0 Å². The summed E-state index contributed by atoms with van der Waals surface area (Å²) in [6.07, 6.45) is 5.19. The fraction of sp³-hybridized carbons (Fsp3) is 0.643. The Morgan fingerprint density at radius 2 is 2.26 bits per heavy atom. The van der Waals surface area contributed by atoms with Gasteiger partial charge in [-0.05, 0) is 50.4 Å². The largest absolute Gasteiger partial charge is 0.308 e. The molecule has 5 heteroatoms. The molecule has 1 aliphatic rings. The zero-order chi connectivity index (χ0) is 13.7. The van der Waals surface area contributed by atoms with E-state index in [4.69, 9.17) is 17.4 Å². The van der Waals surface area contributed by atoms with Crippen LogP contribution in [0.15, 0.2) is 12.1 Å². The molecule has 1 saturated heterocycles. The molecule has 2 heterocycles. The third-order valence-electron chi connectivity index (χ3n) is 3.96. The van der Waals surface area contributed by atoms with E-state index < -0.39 is 0 Å². The molecule has 1 aromatic heterocycles. The lowest BCUT2D eigenvalue weighted by Gasteiger charge is -2.20. The highest BCUT2D eigenvalue weighted by Crippen LogP contribution is 2.23. The number of likely N-dealkylation sites (tertiary alicyclic amines) is 1. The van der Waals surface area contributed by atoms with E-state index in [-0.39, 0.29) is 0 Å². The molecule has 0 amide bonds. The number of nitrogens with two attached hydrogens (primary N) is 1. The van der Waals surface area contributed by atoms with Gasteiger partial charge in [0.25, 0.3) is 0 Å². The van der Waals surface area contributed by atoms with Crippen molar-refractivity contribution in [2.75, 3.05) is 18.5 Å². The second-order valence-electron chi connectivity index (χ2n) is 5.25. The summed E-state index contributed by atoms with van der Waals surface area (Å²) in [6, 6.07) is 3.65. The van der Waals surface area contributed by atoms with Gasteiger partial charge in [0.15, 0.2) is 0 Å². The highest BCUT2D eigenvalue weighted by molar-refractivity contribution is 6.31. The summed E-state index contributed by atoms with van der Waals surface area (Å²) in [4.78, 5) is 6.89. The molecule has 1 fully saturated rings. The predicted molar refractivity (Wildman–Crippen MR) is 80.0 cm³/mol. The first kappa shape index (κ1) is 14.6. The Morgan fingerprint density at radius 3 is 3.00 bits per heavy atom. The Labute approximate surface area is 120 Å². The smallest absolute Gasteiger partial charge is 0.140 e. The Balaban J connectivity index is 2.00. The summed E-state index contributed by atoms with van der Waals surface area (Å²) in [5.74, 6) is 6.94. The highest BCUT2D eigenvalue weighted by Gasteiger charge is 2.17. The lowest BCUT2D eigenvalue weighted by Crippen LogP contribution is -2.25. The number of pyridine rings is 1. The molecule has 0 radical (unpaired) electrons. The molecular formula is C14H23ClN4. The molecular weight excluding hydrogens is 260 g/mol. The zero-order valence-corrected chi connectivity index (χ0v) is 12.3. The van der Waals surface area contributed by atoms with Crippen molar-refractivity contribution in [3.8, 4) is 0 Å². The average molecular weight is 283 g/mol. The second kappa shape index (κ2) is 7.08. The van der Waals surface area contributed by atoms with Crippen LogP contribution in [0.1, 0.15) is 38.3 Å². The maximum atomic E-state index is 6.21. The average Bonchev–Trinajstić information content (AvgIpc) is 2.66. The minimum atomic E-state index is 0.667. The van der Waals surface area contributed by atoms with Crippen LogP contribution >= 0.6 is 11.6 Å². The number of nitrogen functional groups attached to an aromatic ring is 1. The molecule has 1 atom stereocenters. The zero-order valence-electron chi connectivity index (χ0n) is 11.5. The van der Waals surface area contributed by atoms with E-state index >= 15 is 0 Å². The minimum Gasteiger partial charge on any atom is -0.308 e. The first-order valence-corrected chi connectivity index (χ1v) is 7.45. The minimum absolute atomic E-state index is 0.667. The van der Waals surface area contributed by atoms with Crippen LogP contribution in [0.25, 0.3) is 0 Å². The van der Waals surface area contributed by atoms with Crippen molar-refractivity contribution in [3.05, 3.63) is 22.8 Å². The molecule has 1 aromatic rings. The van der Waals surface area contributed by atoms with Crippen LogP contribution in [-0.2, 0) is 6.54 Å². The lowest BCUT2D eigenvalue weighted by molar-refractivity contribution is 0.269. The number of nitrogens with one attached hydrogen (secondary N) is 1. The molecule has 0 bridgehead atoms. The van der Waals surface area contributed by atoms with Crippen molar-refractivity contribution in [2.24, 2.45) is 11.8 Å². The summed E-state index contributed by atoms with van der Waals surface area (Å²) in [5, 5.41) is 0.718. The van der Waals surface area contributed by atoms with Crippen LogP contribution in [0.4, 0.5) is 5.82 Å². The SMILES string of the molecule is CCC1CCCN(Cc2nc(NN)ccc2Cl)CC1. The van der Waals surface area contributed by atoms with Gasteiger partial charge in [0, 0.05) is 6.54 Å². The summed E-state index contributed by atoms with van der Waals surface area (Å²) >= 11 is 6.21. The van der Waals surface area contributed by atoms with Crippen LogP contribution in [0.5, 0.6) is 0 Å². The quantitative estimate of drug-likeness (QED) is 0.658. The molecule has 4 nitrogen and oxygen atoms in total. The van der Waals surface area contributed by atoms with Crippen molar-refractivity contribution >= 4 is 17.4 Å². The molecule has 19 heavy (non-hydrogen) atoms. The van der Waals surface area contributed by atoms with Gasteiger partial charge >= 0.3 is 0 Å². The van der Waals surface area contributed by atoms with Crippen LogP contribution in [0.2, 0.25) is 5.02 Å². The molecule has 0 aromatic carbocycles. The lowest BCUT2D eigenvalue weighted by atomic mass is 9.98. The van der Waals surface area contributed by atoms with Gasteiger partial charge in [-0.15, -0.1) is 0 Å². The number of anilines is 1. The van der Waals surface area contributed by atoms with Gasteiger partial charge in [0.1, 0.15) is 5.82 Å². The summed E-state index contributed by atoms with van der Waals surface area (Å²) in [5.41, 5.74) is 3.48. The van der Waals surface area contributed by atoms with Gasteiger partial charge < -0.3 is 5.43 Å². The van der Waals surface area contributed by atoms with Gasteiger partial charge in [-0.2, -0.15) is 0 Å². The molecule has 0 aliphatic carbocycles. The maximum absolute atomic E-state index is 6.21. The third-order valence-corrected chi connectivity index (χ3v) is 4.30. The Hall–Kier alpha value is -0.840. The normalized spacial score (nSPS) is 21.1.